The van der Waals surface area contributed by atoms with Crippen molar-refractivity contribution in [1.82, 2.24) is 0 Å². The molecule has 1 heteroatoms. The summed E-state index contributed by atoms with van der Waals surface area (Å²) in [7, 11) is 0. The first kappa shape index (κ1) is 57.0. The topological polar surface area (TPSA) is 20.2 Å². The zero-order valence-electron chi connectivity index (χ0n) is 40.3. The molecule has 0 aliphatic rings. The van der Waals surface area contributed by atoms with Crippen molar-refractivity contribution in [2.45, 2.75) is 354 Å². The highest BCUT2D eigenvalue weighted by Crippen LogP contribution is 2.19. The van der Waals surface area contributed by atoms with Crippen LogP contribution in [0.4, 0.5) is 0 Å². The highest BCUT2D eigenvalue weighted by atomic mass is 16.2. The van der Waals surface area contributed by atoms with E-state index in [-0.39, 0.29) is 0 Å². The van der Waals surface area contributed by atoms with Gasteiger partial charge in [0.25, 0.3) is 0 Å². The third-order valence-corrected chi connectivity index (χ3v) is 13.5. The largest absolute Gasteiger partial charge is 0.396 e. The van der Waals surface area contributed by atoms with Crippen LogP contribution >= 0.6 is 0 Å². The second-order valence-corrected chi connectivity index (χ2v) is 19.5. The van der Waals surface area contributed by atoms with E-state index in [0.29, 0.717) is 6.61 Å². The van der Waals surface area contributed by atoms with Crippen molar-refractivity contribution in [1.29, 1.82) is 0 Å². The predicted octanol–water partition coefficient (Wildman–Crippen LogP) is 21.1. The lowest BCUT2D eigenvalue weighted by Gasteiger charge is -2.05. The summed E-state index contributed by atoms with van der Waals surface area (Å²) in [5.41, 5.74) is 0. The molecule has 0 saturated heterocycles. The van der Waals surface area contributed by atoms with Crippen molar-refractivity contribution in [2.75, 3.05) is 6.61 Å². The molecule has 344 valence electrons. The molecule has 0 spiro atoms. The molecule has 0 aliphatic carbocycles. The molecule has 0 radical (unpaired) electrons. The summed E-state index contributed by atoms with van der Waals surface area (Å²) >= 11 is 0. The molecule has 0 aromatic carbocycles. The quantitative estimate of drug-likeness (QED) is 0.0607. The first-order chi connectivity index (χ1) is 28.4. The molecule has 0 atom stereocenters. The normalized spacial score (nSPS) is 11.7. The molecule has 57 heavy (non-hydrogen) atoms. The van der Waals surface area contributed by atoms with Gasteiger partial charge in [0.15, 0.2) is 0 Å². The molecule has 0 fully saturated rings. The van der Waals surface area contributed by atoms with Crippen LogP contribution in [0.2, 0.25) is 0 Å². The van der Waals surface area contributed by atoms with Crippen molar-refractivity contribution in [3.8, 4) is 0 Å². The molecule has 0 unspecified atom stereocenters. The first-order valence-electron chi connectivity index (χ1n) is 28.0. The highest BCUT2D eigenvalue weighted by molar-refractivity contribution is 4.55. The van der Waals surface area contributed by atoms with Gasteiger partial charge >= 0.3 is 0 Å². The van der Waals surface area contributed by atoms with E-state index < -0.39 is 0 Å². The zero-order chi connectivity index (χ0) is 40.9. The van der Waals surface area contributed by atoms with Gasteiger partial charge in [-0.05, 0) is 6.42 Å². The van der Waals surface area contributed by atoms with E-state index in [4.69, 9.17) is 5.11 Å². The molecule has 1 N–H and O–H groups in total. The van der Waals surface area contributed by atoms with E-state index in [0.717, 1.165) is 6.42 Å². The lowest BCUT2D eigenvalue weighted by molar-refractivity contribution is 0.282. The van der Waals surface area contributed by atoms with Crippen LogP contribution < -0.4 is 0 Å². The highest BCUT2D eigenvalue weighted by Gasteiger charge is 1.99. The second-order valence-electron chi connectivity index (χ2n) is 19.5. The maximum absolute atomic E-state index is 8.82. The third-order valence-electron chi connectivity index (χ3n) is 13.5. The molecule has 0 heterocycles. The minimum absolute atomic E-state index is 0.375. The average molecular weight is 804 g/mol. The Morgan fingerprint density at radius 3 is 0.316 bits per heavy atom. The molecule has 0 rings (SSSR count). The van der Waals surface area contributed by atoms with Crippen LogP contribution in [0, 0.1) is 0 Å². The number of rotatable bonds is 54. The van der Waals surface area contributed by atoms with Crippen LogP contribution in [0.25, 0.3) is 0 Å². The Balaban J connectivity index is 3.05. The van der Waals surface area contributed by atoms with Gasteiger partial charge in [-0.3, -0.25) is 0 Å². The van der Waals surface area contributed by atoms with E-state index in [2.05, 4.69) is 6.92 Å². The average Bonchev–Trinajstić information content (AvgIpc) is 3.22. The third kappa shape index (κ3) is 56.0. The minimum atomic E-state index is 0.375. The van der Waals surface area contributed by atoms with Gasteiger partial charge in [-0.15, -0.1) is 0 Å². The van der Waals surface area contributed by atoms with E-state index >= 15 is 0 Å². The maximum Gasteiger partial charge on any atom is 0.0431 e. The van der Waals surface area contributed by atoms with Crippen molar-refractivity contribution in [3.05, 3.63) is 0 Å². The lowest BCUT2D eigenvalue weighted by Crippen LogP contribution is -1.85. The van der Waals surface area contributed by atoms with Gasteiger partial charge in [-0.25, -0.2) is 0 Å². The Labute approximate surface area is 364 Å². The van der Waals surface area contributed by atoms with Crippen molar-refractivity contribution >= 4 is 0 Å². The Morgan fingerprint density at radius 2 is 0.228 bits per heavy atom. The van der Waals surface area contributed by atoms with Crippen LogP contribution in [-0.2, 0) is 0 Å². The Kier molecular flexibility index (Phi) is 55.9. The van der Waals surface area contributed by atoms with Crippen LogP contribution in [0.1, 0.15) is 354 Å². The fourth-order valence-corrected chi connectivity index (χ4v) is 9.38. The summed E-state index contributed by atoms with van der Waals surface area (Å²) in [5, 5.41) is 8.82. The molecule has 0 aromatic heterocycles. The van der Waals surface area contributed by atoms with Gasteiger partial charge in [0.05, 0.1) is 0 Å². The molecule has 1 nitrogen and oxygen atoms in total. The number of unbranched alkanes of at least 4 members (excludes halogenated alkanes) is 53. The van der Waals surface area contributed by atoms with Gasteiger partial charge in [0.2, 0.25) is 0 Å². The van der Waals surface area contributed by atoms with Crippen LogP contribution in [-0.4, -0.2) is 11.7 Å². The van der Waals surface area contributed by atoms with Crippen molar-refractivity contribution in [2.24, 2.45) is 0 Å². The second kappa shape index (κ2) is 56.0. The number of aliphatic hydroxyl groups excluding tert-OH is 1. The summed E-state index contributed by atoms with van der Waals surface area (Å²) in [4.78, 5) is 0. The van der Waals surface area contributed by atoms with E-state index in [1.54, 1.807) is 0 Å². The lowest BCUT2D eigenvalue weighted by atomic mass is 10.0. The van der Waals surface area contributed by atoms with Crippen LogP contribution in [0.3, 0.4) is 0 Å². The Hall–Kier alpha value is -0.0400. The smallest absolute Gasteiger partial charge is 0.0431 e. The maximum atomic E-state index is 8.82. The fourth-order valence-electron chi connectivity index (χ4n) is 9.38. The zero-order valence-corrected chi connectivity index (χ0v) is 40.3. The summed E-state index contributed by atoms with van der Waals surface area (Å²) in [6.45, 7) is 2.69. The van der Waals surface area contributed by atoms with Gasteiger partial charge < -0.3 is 5.11 Å². The van der Waals surface area contributed by atoms with E-state index in [1.165, 1.54) is 340 Å². The van der Waals surface area contributed by atoms with Crippen molar-refractivity contribution in [3.63, 3.8) is 0 Å². The standard InChI is InChI=1S/C56H114O/c1-2-3-4-5-6-7-8-9-10-11-12-13-14-15-16-17-18-19-20-21-22-23-24-25-26-27-28-29-30-31-32-33-34-35-36-37-38-39-40-41-42-43-44-45-46-47-48-49-50-51-52-53-54-55-56-57/h57H,2-56H2,1H3. The molecule has 0 aliphatic heterocycles. The Bertz CT molecular complexity index is 589. The fraction of sp³-hybridized carbons (Fsp3) is 1.00. The summed E-state index contributed by atoms with van der Waals surface area (Å²) in [6.07, 6.45) is 79.0. The van der Waals surface area contributed by atoms with Crippen LogP contribution in [0.15, 0.2) is 0 Å². The van der Waals surface area contributed by atoms with Crippen molar-refractivity contribution < 1.29 is 5.11 Å². The van der Waals surface area contributed by atoms with E-state index in [1.807, 2.05) is 0 Å². The van der Waals surface area contributed by atoms with E-state index in [9.17, 15) is 0 Å². The monoisotopic (exact) mass is 803 g/mol. The minimum Gasteiger partial charge on any atom is -0.396 e. The molecule has 0 amide bonds. The van der Waals surface area contributed by atoms with Gasteiger partial charge in [0.1, 0.15) is 0 Å². The Morgan fingerprint density at radius 1 is 0.140 bits per heavy atom. The number of aliphatic hydroxyl groups is 1. The predicted molar refractivity (Wildman–Crippen MR) is 262 cm³/mol. The SMILES string of the molecule is CCCCCCCCCCCCCCCCCCCCCCCCCCCCCCCCCCCCCCCCCCCCCCCCCCCCCCCCO. The number of hydrogen-bond donors (Lipinski definition) is 1. The molecule has 0 aromatic rings. The molecule has 0 saturated carbocycles. The van der Waals surface area contributed by atoms with Gasteiger partial charge in [-0.2, -0.15) is 0 Å². The van der Waals surface area contributed by atoms with Gasteiger partial charge in [-0.1, -0.05) is 347 Å². The number of hydrogen-bond acceptors (Lipinski definition) is 1. The molecular formula is C56H114O. The molecule has 0 bridgehead atoms. The summed E-state index contributed by atoms with van der Waals surface area (Å²) in [5.74, 6) is 0. The van der Waals surface area contributed by atoms with Gasteiger partial charge in [0, 0.05) is 6.61 Å². The van der Waals surface area contributed by atoms with Crippen LogP contribution in [0.5, 0.6) is 0 Å². The summed E-state index contributed by atoms with van der Waals surface area (Å²) in [6, 6.07) is 0. The first-order valence-corrected chi connectivity index (χ1v) is 28.0. The summed E-state index contributed by atoms with van der Waals surface area (Å²) < 4.78 is 0. The molecular weight excluding hydrogens is 689 g/mol.